The predicted molar refractivity (Wildman–Crippen MR) is 119 cm³/mol. The molecule has 7 heteroatoms. The van der Waals surface area contributed by atoms with Crippen molar-refractivity contribution < 1.29 is 14.3 Å². The predicted octanol–water partition coefficient (Wildman–Crippen LogP) is 3.89. The number of rotatable bonds is 9. The molecule has 156 valence electrons. The van der Waals surface area contributed by atoms with E-state index in [1.165, 1.54) is 16.9 Å². The molecule has 0 atom stereocenters. The first-order chi connectivity index (χ1) is 14.5. The highest BCUT2D eigenvalue weighted by Gasteiger charge is 2.11. The van der Waals surface area contributed by atoms with Crippen molar-refractivity contribution in [3.63, 3.8) is 0 Å². The van der Waals surface area contributed by atoms with Crippen molar-refractivity contribution in [3.8, 4) is 5.75 Å². The number of hydrogen-bond donors (Lipinski definition) is 2. The molecule has 3 aromatic rings. The smallest absolute Gasteiger partial charge is 0.243 e. The van der Waals surface area contributed by atoms with Gasteiger partial charge in [-0.1, -0.05) is 42.8 Å². The molecule has 2 N–H and O–H groups in total. The molecule has 0 aliphatic heterocycles. The molecule has 0 saturated heterocycles. The van der Waals surface area contributed by atoms with Gasteiger partial charge in [0.25, 0.3) is 0 Å². The van der Waals surface area contributed by atoms with Crippen LogP contribution in [0.2, 0.25) is 0 Å². The fourth-order valence-electron chi connectivity index (χ4n) is 2.83. The summed E-state index contributed by atoms with van der Waals surface area (Å²) >= 11 is 1.45. The number of benzene rings is 2. The number of nitrogens with zero attached hydrogens (tertiary/aromatic N) is 1. The van der Waals surface area contributed by atoms with E-state index in [2.05, 4.69) is 15.6 Å². The summed E-state index contributed by atoms with van der Waals surface area (Å²) in [6.45, 7) is 4.33. The maximum atomic E-state index is 12.2. The third-order valence-electron chi connectivity index (χ3n) is 4.44. The zero-order chi connectivity index (χ0) is 21.3. The first-order valence-electron chi connectivity index (χ1n) is 9.80. The van der Waals surface area contributed by atoms with Crippen LogP contribution in [-0.2, 0) is 29.0 Å². The lowest BCUT2D eigenvalue weighted by atomic mass is 10.1. The Labute approximate surface area is 180 Å². The number of amides is 2. The number of hydrogen-bond acceptors (Lipinski definition) is 5. The molecule has 0 aliphatic rings. The first-order valence-corrected chi connectivity index (χ1v) is 10.7. The molecule has 2 amide bonds. The van der Waals surface area contributed by atoms with Crippen LogP contribution in [0.1, 0.15) is 28.8 Å². The molecule has 0 bridgehead atoms. The fourth-order valence-corrected chi connectivity index (χ4v) is 3.53. The minimum absolute atomic E-state index is 0.0790. The van der Waals surface area contributed by atoms with Gasteiger partial charge in [-0.2, -0.15) is 0 Å². The van der Waals surface area contributed by atoms with E-state index in [-0.39, 0.29) is 24.8 Å². The number of anilines is 1. The number of para-hydroxylation sites is 1. The van der Waals surface area contributed by atoms with Gasteiger partial charge in [0, 0.05) is 11.1 Å². The third-order valence-corrected chi connectivity index (χ3v) is 5.31. The maximum absolute atomic E-state index is 12.2. The molecule has 0 spiro atoms. The van der Waals surface area contributed by atoms with Crippen LogP contribution in [0.5, 0.6) is 5.75 Å². The molecule has 3 rings (SSSR count). The average Bonchev–Trinajstić information content (AvgIpc) is 3.19. The van der Waals surface area contributed by atoms with Crippen LogP contribution in [0, 0.1) is 6.92 Å². The molecule has 1 aromatic heterocycles. The lowest BCUT2D eigenvalue weighted by molar-refractivity contribution is -0.123. The van der Waals surface area contributed by atoms with E-state index in [9.17, 15) is 9.59 Å². The molecule has 0 aliphatic carbocycles. The molecule has 2 aromatic carbocycles. The van der Waals surface area contributed by atoms with E-state index in [0.29, 0.717) is 12.3 Å². The molecular formula is C23H25N3O3S. The number of carbonyl (C=O) groups excluding carboxylic acids is 2. The number of thiazole rings is 1. The molecule has 0 radical (unpaired) electrons. The fraction of sp³-hybridized carbons (Fsp3) is 0.261. The summed E-state index contributed by atoms with van der Waals surface area (Å²) in [6.07, 6.45) is 0.947. The van der Waals surface area contributed by atoms with Crippen molar-refractivity contribution in [3.05, 3.63) is 75.7 Å². The van der Waals surface area contributed by atoms with Crippen LogP contribution in [0.15, 0.2) is 53.9 Å². The summed E-state index contributed by atoms with van der Waals surface area (Å²) in [7, 11) is 0. The topological polar surface area (TPSA) is 80.3 Å². The van der Waals surface area contributed by atoms with E-state index in [1.54, 1.807) is 0 Å². The van der Waals surface area contributed by atoms with Gasteiger partial charge in [-0.25, -0.2) is 4.98 Å². The SMILES string of the molecule is CCc1ccccc1NC(=O)CNC(=O)Cc1csc(COc2ccc(C)cc2)n1. The minimum Gasteiger partial charge on any atom is -0.486 e. The molecule has 6 nitrogen and oxygen atoms in total. The van der Waals surface area contributed by atoms with Crippen molar-refractivity contribution in [2.24, 2.45) is 0 Å². The Morgan fingerprint density at radius 2 is 1.83 bits per heavy atom. The maximum Gasteiger partial charge on any atom is 0.243 e. The Hall–Kier alpha value is -3.19. The van der Waals surface area contributed by atoms with Gasteiger partial charge in [0.15, 0.2) is 0 Å². The van der Waals surface area contributed by atoms with Gasteiger partial charge in [0.05, 0.1) is 18.7 Å². The second-order valence-electron chi connectivity index (χ2n) is 6.85. The van der Waals surface area contributed by atoms with E-state index in [1.807, 2.05) is 67.8 Å². The van der Waals surface area contributed by atoms with Crippen LogP contribution in [0.25, 0.3) is 0 Å². The number of nitrogens with one attached hydrogen (secondary N) is 2. The molecule has 0 unspecified atom stereocenters. The number of aryl methyl sites for hydroxylation is 2. The standard InChI is InChI=1S/C23H25N3O3S/c1-3-17-6-4-5-7-20(17)26-22(28)13-24-21(27)12-18-15-30-23(25-18)14-29-19-10-8-16(2)9-11-19/h4-11,15H,3,12-14H2,1-2H3,(H,24,27)(H,26,28). The lowest BCUT2D eigenvalue weighted by Crippen LogP contribution is -2.34. The normalized spacial score (nSPS) is 10.5. The highest BCUT2D eigenvalue weighted by Crippen LogP contribution is 2.17. The Bertz CT molecular complexity index is 999. The van der Waals surface area contributed by atoms with Gasteiger partial charge >= 0.3 is 0 Å². The zero-order valence-corrected chi connectivity index (χ0v) is 17.9. The molecular weight excluding hydrogens is 398 g/mol. The number of ether oxygens (including phenoxy) is 1. The van der Waals surface area contributed by atoms with E-state index in [0.717, 1.165) is 28.4 Å². The summed E-state index contributed by atoms with van der Waals surface area (Å²) < 4.78 is 5.71. The Kier molecular flexibility index (Phi) is 7.57. The van der Waals surface area contributed by atoms with Crippen LogP contribution in [0.3, 0.4) is 0 Å². The number of carbonyl (C=O) groups is 2. The number of aromatic nitrogens is 1. The minimum atomic E-state index is -0.255. The molecule has 30 heavy (non-hydrogen) atoms. The van der Waals surface area contributed by atoms with Crippen molar-refractivity contribution in [1.82, 2.24) is 10.3 Å². The van der Waals surface area contributed by atoms with Crippen LogP contribution in [0.4, 0.5) is 5.69 Å². The van der Waals surface area contributed by atoms with Crippen LogP contribution in [-0.4, -0.2) is 23.3 Å². The summed E-state index contributed by atoms with van der Waals surface area (Å²) in [6, 6.07) is 15.4. The van der Waals surface area contributed by atoms with Gasteiger partial charge in [0.1, 0.15) is 17.4 Å². The van der Waals surface area contributed by atoms with E-state index < -0.39 is 0 Å². The molecule has 0 fully saturated rings. The van der Waals surface area contributed by atoms with Crippen LogP contribution < -0.4 is 15.4 Å². The highest BCUT2D eigenvalue weighted by molar-refractivity contribution is 7.09. The van der Waals surface area contributed by atoms with Gasteiger partial charge in [-0.05, 0) is 37.1 Å². The summed E-state index contributed by atoms with van der Waals surface area (Å²) in [5.41, 5.74) is 3.67. The lowest BCUT2D eigenvalue weighted by Gasteiger charge is -2.10. The summed E-state index contributed by atoms with van der Waals surface area (Å²) in [5.74, 6) is 0.283. The van der Waals surface area contributed by atoms with E-state index in [4.69, 9.17) is 4.74 Å². The second-order valence-corrected chi connectivity index (χ2v) is 7.79. The van der Waals surface area contributed by atoms with Crippen molar-refractivity contribution >= 4 is 28.8 Å². The summed E-state index contributed by atoms with van der Waals surface area (Å²) in [4.78, 5) is 28.7. The zero-order valence-electron chi connectivity index (χ0n) is 17.1. The van der Waals surface area contributed by atoms with Gasteiger partial charge < -0.3 is 15.4 Å². The second kappa shape index (κ2) is 10.5. The molecule has 1 heterocycles. The van der Waals surface area contributed by atoms with Gasteiger partial charge in [-0.3, -0.25) is 9.59 Å². The highest BCUT2D eigenvalue weighted by atomic mass is 32.1. The first kappa shape index (κ1) is 21.5. The largest absolute Gasteiger partial charge is 0.486 e. The quantitative estimate of drug-likeness (QED) is 0.547. The summed E-state index contributed by atoms with van der Waals surface area (Å²) in [5, 5.41) is 8.12. The monoisotopic (exact) mass is 423 g/mol. The Morgan fingerprint density at radius 3 is 2.60 bits per heavy atom. The van der Waals surface area contributed by atoms with Crippen molar-refractivity contribution in [2.75, 3.05) is 11.9 Å². The average molecular weight is 424 g/mol. The molecule has 0 saturated carbocycles. The third kappa shape index (κ3) is 6.42. The Morgan fingerprint density at radius 1 is 1.07 bits per heavy atom. The van der Waals surface area contributed by atoms with Crippen molar-refractivity contribution in [2.45, 2.75) is 33.3 Å². The van der Waals surface area contributed by atoms with Gasteiger partial charge in [0.2, 0.25) is 11.8 Å². The van der Waals surface area contributed by atoms with Crippen molar-refractivity contribution in [1.29, 1.82) is 0 Å². The van der Waals surface area contributed by atoms with E-state index >= 15 is 0 Å². The van der Waals surface area contributed by atoms with Gasteiger partial charge in [-0.15, -0.1) is 11.3 Å². The van der Waals surface area contributed by atoms with Crippen LogP contribution >= 0.6 is 11.3 Å². The Balaban J connectivity index is 1.42.